The lowest BCUT2D eigenvalue weighted by molar-refractivity contribution is -0.384. The largest absolute Gasteiger partial charge is 0.383 e. The van der Waals surface area contributed by atoms with Crippen LogP contribution in [0.5, 0.6) is 0 Å². The highest BCUT2D eigenvalue weighted by Crippen LogP contribution is 2.26. The fourth-order valence-electron chi connectivity index (χ4n) is 1.18. The van der Waals surface area contributed by atoms with Crippen LogP contribution in [0.2, 0.25) is 5.15 Å². The molecule has 0 saturated heterocycles. The van der Waals surface area contributed by atoms with Crippen molar-refractivity contribution in [3.63, 3.8) is 0 Å². The second kappa shape index (κ2) is 5.62. The quantitative estimate of drug-likeness (QED) is 0.449. The van der Waals surface area contributed by atoms with E-state index in [0.717, 1.165) is 0 Å². The molecule has 88 valence electrons. The van der Waals surface area contributed by atoms with Crippen LogP contribution < -0.4 is 4.90 Å². The third kappa shape index (κ3) is 3.04. The van der Waals surface area contributed by atoms with Crippen LogP contribution in [0.25, 0.3) is 0 Å². The Labute approximate surface area is 97.9 Å². The first-order chi connectivity index (χ1) is 7.56. The Bertz CT molecular complexity index is 386. The van der Waals surface area contributed by atoms with Gasteiger partial charge in [-0.05, 0) is 6.07 Å². The van der Waals surface area contributed by atoms with Crippen LogP contribution in [-0.4, -0.2) is 37.2 Å². The van der Waals surface area contributed by atoms with Gasteiger partial charge in [-0.1, -0.05) is 11.6 Å². The van der Waals surface area contributed by atoms with E-state index in [9.17, 15) is 10.1 Å². The minimum absolute atomic E-state index is 0.0667. The lowest BCUT2D eigenvalue weighted by Crippen LogP contribution is -2.24. The van der Waals surface area contributed by atoms with E-state index in [4.69, 9.17) is 16.3 Å². The Balaban J connectivity index is 2.99. The molecule has 6 nitrogen and oxygen atoms in total. The number of likely N-dealkylation sites (N-methyl/N-ethyl adjacent to an activating group) is 1. The second-order valence-electron chi connectivity index (χ2n) is 3.15. The zero-order valence-corrected chi connectivity index (χ0v) is 9.77. The molecule has 1 rings (SSSR count). The molecule has 7 heteroatoms. The third-order valence-electron chi connectivity index (χ3n) is 2.01. The number of nitrogens with zero attached hydrogens (tertiary/aromatic N) is 3. The molecular weight excluding hydrogens is 234 g/mol. The van der Waals surface area contributed by atoms with Crippen molar-refractivity contribution in [3.8, 4) is 0 Å². The van der Waals surface area contributed by atoms with Gasteiger partial charge in [-0.15, -0.1) is 0 Å². The first-order valence-corrected chi connectivity index (χ1v) is 4.95. The van der Waals surface area contributed by atoms with Gasteiger partial charge in [0.05, 0.1) is 11.5 Å². The van der Waals surface area contributed by atoms with Crippen molar-refractivity contribution < 1.29 is 9.66 Å². The van der Waals surface area contributed by atoms with Crippen molar-refractivity contribution in [1.82, 2.24) is 4.98 Å². The Morgan fingerprint density at radius 1 is 1.62 bits per heavy atom. The SMILES string of the molecule is COCCN(C)c1nc(Cl)ccc1[N+](=O)[O-]. The molecule has 1 aromatic heterocycles. The number of methoxy groups -OCH3 is 1. The van der Waals surface area contributed by atoms with Gasteiger partial charge in [-0.2, -0.15) is 0 Å². The molecule has 0 aliphatic heterocycles. The molecule has 1 heterocycles. The molecule has 0 bridgehead atoms. The fourth-order valence-corrected chi connectivity index (χ4v) is 1.32. The summed E-state index contributed by atoms with van der Waals surface area (Å²) in [6.45, 7) is 0.965. The smallest absolute Gasteiger partial charge is 0.311 e. The Morgan fingerprint density at radius 3 is 2.88 bits per heavy atom. The minimum atomic E-state index is -0.484. The lowest BCUT2D eigenvalue weighted by atomic mass is 10.3. The summed E-state index contributed by atoms with van der Waals surface area (Å²) in [5.74, 6) is 0.245. The number of hydrogen-bond acceptors (Lipinski definition) is 5. The number of ether oxygens (including phenoxy) is 1. The molecule has 0 aliphatic carbocycles. The van der Waals surface area contributed by atoms with Crippen molar-refractivity contribution in [2.45, 2.75) is 0 Å². The van der Waals surface area contributed by atoms with Gasteiger partial charge in [0, 0.05) is 26.8 Å². The lowest BCUT2D eigenvalue weighted by Gasteiger charge is -2.17. The van der Waals surface area contributed by atoms with Gasteiger partial charge in [0.1, 0.15) is 5.15 Å². The van der Waals surface area contributed by atoms with E-state index in [0.29, 0.717) is 13.2 Å². The Hall–Kier alpha value is -1.40. The zero-order valence-electron chi connectivity index (χ0n) is 9.01. The highest BCUT2D eigenvalue weighted by atomic mass is 35.5. The average Bonchev–Trinajstić information content (AvgIpc) is 2.25. The van der Waals surface area contributed by atoms with E-state index >= 15 is 0 Å². The van der Waals surface area contributed by atoms with Crippen molar-refractivity contribution in [3.05, 3.63) is 27.4 Å². The first kappa shape index (κ1) is 12.7. The third-order valence-corrected chi connectivity index (χ3v) is 2.22. The Kier molecular flexibility index (Phi) is 4.45. The zero-order chi connectivity index (χ0) is 12.1. The number of aromatic nitrogens is 1. The van der Waals surface area contributed by atoms with Crippen LogP contribution in [0.1, 0.15) is 0 Å². The summed E-state index contributed by atoms with van der Waals surface area (Å²) in [4.78, 5) is 15.9. The fraction of sp³-hybridized carbons (Fsp3) is 0.444. The van der Waals surface area contributed by atoms with Crippen LogP contribution in [-0.2, 0) is 4.74 Å². The van der Waals surface area contributed by atoms with Crippen LogP contribution in [0, 0.1) is 10.1 Å². The monoisotopic (exact) mass is 245 g/mol. The second-order valence-corrected chi connectivity index (χ2v) is 3.54. The van der Waals surface area contributed by atoms with Gasteiger partial charge in [-0.3, -0.25) is 10.1 Å². The standard InChI is InChI=1S/C9H12ClN3O3/c1-12(5-6-16-2)9-7(13(14)15)3-4-8(10)11-9/h3-4H,5-6H2,1-2H3. The van der Waals surface area contributed by atoms with E-state index in [1.54, 1.807) is 19.1 Å². The van der Waals surface area contributed by atoms with E-state index in [1.165, 1.54) is 12.1 Å². The van der Waals surface area contributed by atoms with E-state index < -0.39 is 4.92 Å². The summed E-state index contributed by atoms with van der Waals surface area (Å²) >= 11 is 5.71. The van der Waals surface area contributed by atoms with Gasteiger partial charge >= 0.3 is 5.69 Å². The molecule has 0 aromatic carbocycles. The average molecular weight is 246 g/mol. The van der Waals surface area contributed by atoms with Crippen molar-refractivity contribution in [2.75, 3.05) is 32.2 Å². The van der Waals surface area contributed by atoms with Crippen molar-refractivity contribution >= 4 is 23.1 Å². The predicted octanol–water partition coefficient (Wildman–Crippen LogP) is 1.73. The van der Waals surface area contributed by atoms with Gasteiger partial charge < -0.3 is 9.64 Å². The summed E-state index contributed by atoms with van der Waals surface area (Å²) in [6, 6.07) is 2.74. The topological polar surface area (TPSA) is 68.5 Å². The highest BCUT2D eigenvalue weighted by molar-refractivity contribution is 6.29. The maximum absolute atomic E-state index is 10.8. The molecule has 0 fully saturated rings. The highest BCUT2D eigenvalue weighted by Gasteiger charge is 2.18. The summed E-state index contributed by atoms with van der Waals surface area (Å²) in [5, 5.41) is 11.0. The summed E-state index contributed by atoms with van der Waals surface area (Å²) in [7, 11) is 3.26. The first-order valence-electron chi connectivity index (χ1n) is 4.57. The van der Waals surface area contributed by atoms with Gasteiger partial charge in [0.15, 0.2) is 0 Å². The van der Waals surface area contributed by atoms with E-state index in [-0.39, 0.29) is 16.7 Å². The number of hydrogen-bond donors (Lipinski definition) is 0. The number of pyridine rings is 1. The number of anilines is 1. The maximum atomic E-state index is 10.8. The number of rotatable bonds is 5. The molecule has 0 aliphatic rings. The normalized spacial score (nSPS) is 10.2. The number of nitro groups is 1. The summed E-state index contributed by atoms with van der Waals surface area (Å²) in [5.41, 5.74) is -0.0667. The minimum Gasteiger partial charge on any atom is -0.383 e. The molecule has 0 amide bonds. The van der Waals surface area contributed by atoms with E-state index in [1.807, 2.05) is 0 Å². The van der Waals surface area contributed by atoms with Crippen molar-refractivity contribution in [2.24, 2.45) is 0 Å². The van der Waals surface area contributed by atoms with Crippen LogP contribution in [0.3, 0.4) is 0 Å². The summed E-state index contributed by atoms with van der Waals surface area (Å²) < 4.78 is 4.89. The molecular formula is C9H12ClN3O3. The Morgan fingerprint density at radius 2 is 2.31 bits per heavy atom. The maximum Gasteiger partial charge on any atom is 0.311 e. The van der Waals surface area contributed by atoms with Crippen LogP contribution >= 0.6 is 11.6 Å². The van der Waals surface area contributed by atoms with Crippen LogP contribution in [0.15, 0.2) is 12.1 Å². The van der Waals surface area contributed by atoms with Gasteiger partial charge in [-0.25, -0.2) is 4.98 Å². The molecule has 0 spiro atoms. The predicted molar refractivity (Wildman–Crippen MR) is 61.0 cm³/mol. The number of halogens is 1. The van der Waals surface area contributed by atoms with Gasteiger partial charge in [0.2, 0.25) is 5.82 Å². The molecule has 16 heavy (non-hydrogen) atoms. The molecule has 0 N–H and O–H groups in total. The van der Waals surface area contributed by atoms with E-state index in [2.05, 4.69) is 4.98 Å². The molecule has 0 unspecified atom stereocenters. The van der Waals surface area contributed by atoms with Crippen molar-refractivity contribution in [1.29, 1.82) is 0 Å². The molecule has 0 radical (unpaired) electrons. The molecule has 1 aromatic rings. The molecule has 0 saturated carbocycles. The summed E-state index contributed by atoms with van der Waals surface area (Å²) in [6.07, 6.45) is 0. The van der Waals surface area contributed by atoms with Crippen LogP contribution in [0.4, 0.5) is 11.5 Å². The molecule has 0 atom stereocenters. The van der Waals surface area contributed by atoms with Gasteiger partial charge in [0.25, 0.3) is 0 Å².